The molecule has 0 radical (unpaired) electrons. The van der Waals surface area contributed by atoms with Crippen molar-refractivity contribution in [2.24, 2.45) is 11.1 Å². The maximum Gasteiger partial charge on any atom is 0.243 e. The van der Waals surface area contributed by atoms with Crippen LogP contribution in [0.3, 0.4) is 0 Å². The summed E-state index contributed by atoms with van der Waals surface area (Å²) in [6.45, 7) is 9.31. The smallest absolute Gasteiger partial charge is 0.243 e. The molecule has 1 aromatic rings. The topological polar surface area (TPSA) is 63.4 Å². The Morgan fingerprint density at radius 2 is 1.86 bits per heavy atom. The highest BCUT2D eigenvalue weighted by Gasteiger charge is 2.33. The molecule has 2 N–H and O–H groups in total. The van der Waals surface area contributed by atoms with Crippen molar-refractivity contribution in [1.29, 1.82) is 0 Å². The Bertz CT molecular complexity index is 621. The lowest BCUT2D eigenvalue weighted by Gasteiger charge is -2.34. The van der Waals surface area contributed by atoms with Crippen molar-refractivity contribution < 1.29 is 12.8 Å². The van der Waals surface area contributed by atoms with Crippen molar-refractivity contribution in [1.82, 2.24) is 4.31 Å². The first-order valence-electron chi connectivity index (χ1n) is 6.90. The molecule has 0 spiro atoms. The fourth-order valence-electron chi connectivity index (χ4n) is 2.00. The van der Waals surface area contributed by atoms with Gasteiger partial charge in [0.25, 0.3) is 0 Å². The second-order valence-electron chi connectivity index (χ2n) is 6.47. The molecule has 0 aliphatic rings. The van der Waals surface area contributed by atoms with Crippen molar-refractivity contribution in [3.63, 3.8) is 0 Å². The van der Waals surface area contributed by atoms with Crippen LogP contribution in [-0.4, -0.2) is 25.8 Å². The predicted octanol–water partition coefficient (Wildman–Crippen LogP) is 2.65. The highest BCUT2D eigenvalue weighted by Crippen LogP contribution is 2.30. The lowest BCUT2D eigenvalue weighted by molar-refractivity contribution is 0.216. The predicted molar refractivity (Wildman–Crippen MR) is 82.9 cm³/mol. The summed E-state index contributed by atoms with van der Waals surface area (Å²) in [6, 6.07) is 2.51. The normalized spacial score (nSPS) is 14.5. The summed E-state index contributed by atoms with van der Waals surface area (Å²) < 4.78 is 40.8. The number of hydrogen-bond donors (Lipinski definition) is 1. The first kappa shape index (κ1) is 18.1. The minimum absolute atomic E-state index is 0.0125. The Labute approximate surface area is 127 Å². The van der Waals surface area contributed by atoms with Gasteiger partial charge in [0.2, 0.25) is 10.0 Å². The van der Waals surface area contributed by atoms with Crippen LogP contribution in [0.2, 0.25) is 0 Å². The number of benzene rings is 1. The lowest BCUT2D eigenvalue weighted by Crippen LogP contribution is -2.43. The molecule has 0 amide bonds. The summed E-state index contributed by atoms with van der Waals surface area (Å²) in [7, 11) is -2.24. The van der Waals surface area contributed by atoms with E-state index in [2.05, 4.69) is 0 Å². The molecule has 0 bridgehead atoms. The molecule has 120 valence electrons. The van der Waals surface area contributed by atoms with E-state index < -0.39 is 15.8 Å². The quantitative estimate of drug-likeness (QED) is 0.929. The molecule has 4 nitrogen and oxygen atoms in total. The van der Waals surface area contributed by atoms with E-state index in [0.29, 0.717) is 5.56 Å². The van der Waals surface area contributed by atoms with Crippen LogP contribution in [0.5, 0.6) is 0 Å². The molecule has 1 aromatic carbocycles. The Morgan fingerprint density at radius 3 is 2.29 bits per heavy atom. The highest BCUT2D eigenvalue weighted by atomic mass is 32.2. The van der Waals surface area contributed by atoms with Crippen LogP contribution in [0.15, 0.2) is 17.0 Å². The Kier molecular flexibility index (Phi) is 5.18. The van der Waals surface area contributed by atoms with Gasteiger partial charge < -0.3 is 5.73 Å². The summed E-state index contributed by atoms with van der Waals surface area (Å²) >= 11 is 0. The van der Waals surface area contributed by atoms with Crippen molar-refractivity contribution >= 4 is 10.0 Å². The second-order valence-corrected chi connectivity index (χ2v) is 8.43. The van der Waals surface area contributed by atoms with E-state index in [1.165, 1.54) is 30.4 Å². The summed E-state index contributed by atoms with van der Waals surface area (Å²) in [5, 5.41) is 0. The lowest BCUT2D eigenvalue weighted by atomic mass is 9.88. The zero-order valence-corrected chi connectivity index (χ0v) is 14.4. The molecule has 0 aliphatic carbocycles. The van der Waals surface area contributed by atoms with E-state index in [4.69, 9.17) is 5.73 Å². The number of hydrogen-bond acceptors (Lipinski definition) is 3. The molecular formula is C15H25FN2O2S. The molecule has 0 aromatic heterocycles. The Balaban J connectivity index is 3.41. The van der Waals surface area contributed by atoms with Crippen LogP contribution >= 0.6 is 0 Å². The third-order valence-electron chi connectivity index (χ3n) is 4.05. The molecule has 1 unspecified atom stereocenters. The summed E-state index contributed by atoms with van der Waals surface area (Å²) in [4.78, 5) is -0.0125. The number of nitrogens with two attached hydrogens (primary N) is 1. The van der Waals surface area contributed by atoms with Crippen molar-refractivity contribution in [2.75, 3.05) is 7.05 Å². The molecule has 0 saturated carbocycles. The first-order valence-corrected chi connectivity index (χ1v) is 8.34. The van der Waals surface area contributed by atoms with E-state index in [0.717, 1.165) is 0 Å². The van der Waals surface area contributed by atoms with E-state index in [1.807, 2.05) is 27.7 Å². The van der Waals surface area contributed by atoms with Crippen LogP contribution in [0.25, 0.3) is 0 Å². The fourth-order valence-corrected chi connectivity index (χ4v) is 3.83. The van der Waals surface area contributed by atoms with Gasteiger partial charge in [-0.25, -0.2) is 12.8 Å². The van der Waals surface area contributed by atoms with Crippen LogP contribution in [0, 0.1) is 18.2 Å². The van der Waals surface area contributed by atoms with Crippen molar-refractivity contribution in [3.05, 3.63) is 29.1 Å². The standard InChI is InChI=1S/C15H25FN2O2S/c1-10-13(16)7-12(9-17)8-14(10)21(19,20)18(6)11(2)15(3,4)5/h7-8,11H,9,17H2,1-6H3. The van der Waals surface area contributed by atoms with E-state index >= 15 is 0 Å². The molecule has 1 rings (SSSR count). The van der Waals surface area contributed by atoms with Gasteiger partial charge >= 0.3 is 0 Å². The first-order chi connectivity index (χ1) is 9.42. The number of halogens is 1. The summed E-state index contributed by atoms with van der Waals surface area (Å²) in [6.07, 6.45) is 0. The third-order valence-corrected chi connectivity index (χ3v) is 6.10. The summed E-state index contributed by atoms with van der Waals surface area (Å²) in [5.41, 5.74) is 5.88. The largest absolute Gasteiger partial charge is 0.326 e. The average molecular weight is 316 g/mol. The fraction of sp³-hybridized carbons (Fsp3) is 0.600. The van der Waals surface area contributed by atoms with Crippen LogP contribution in [0.4, 0.5) is 4.39 Å². The highest BCUT2D eigenvalue weighted by molar-refractivity contribution is 7.89. The van der Waals surface area contributed by atoms with Gasteiger partial charge in [-0.1, -0.05) is 20.8 Å². The van der Waals surface area contributed by atoms with Gasteiger partial charge in [0.1, 0.15) is 5.82 Å². The molecule has 1 atom stereocenters. The van der Waals surface area contributed by atoms with E-state index in [-0.39, 0.29) is 28.5 Å². The van der Waals surface area contributed by atoms with Crippen LogP contribution < -0.4 is 5.73 Å². The van der Waals surface area contributed by atoms with Gasteiger partial charge in [-0.15, -0.1) is 0 Å². The minimum Gasteiger partial charge on any atom is -0.326 e. The van der Waals surface area contributed by atoms with Gasteiger partial charge in [0.05, 0.1) is 4.90 Å². The maximum absolute atomic E-state index is 13.9. The summed E-state index contributed by atoms with van der Waals surface area (Å²) in [5.74, 6) is -0.548. The Morgan fingerprint density at radius 1 is 1.33 bits per heavy atom. The second kappa shape index (κ2) is 6.02. The van der Waals surface area contributed by atoms with E-state index in [9.17, 15) is 12.8 Å². The van der Waals surface area contributed by atoms with E-state index in [1.54, 1.807) is 0 Å². The zero-order valence-electron chi connectivity index (χ0n) is 13.6. The average Bonchev–Trinajstić information content (AvgIpc) is 2.38. The molecule has 21 heavy (non-hydrogen) atoms. The van der Waals surface area contributed by atoms with Gasteiger partial charge in [0, 0.05) is 25.2 Å². The number of sulfonamides is 1. The van der Waals surface area contributed by atoms with Gasteiger partial charge in [-0.05, 0) is 37.0 Å². The number of rotatable bonds is 4. The van der Waals surface area contributed by atoms with Gasteiger partial charge in [-0.3, -0.25) is 0 Å². The SMILES string of the molecule is Cc1c(F)cc(CN)cc1S(=O)(=O)N(C)C(C)C(C)(C)C. The monoisotopic (exact) mass is 316 g/mol. The van der Waals surface area contributed by atoms with Crippen molar-refractivity contribution in [2.45, 2.75) is 52.1 Å². The Hall–Kier alpha value is -0.980. The molecule has 0 heterocycles. The van der Waals surface area contributed by atoms with Crippen molar-refractivity contribution in [3.8, 4) is 0 Å². The van der Waals surface area contributed by atoms with Gasteiger partial charge in [-0.2, -0.15) is 4.31 Å². The maximum atomic E-state index is 13.9. The zero-order chi connectivity index (χ0) is 16.6. The molecule has 0 aliphatic heterocycles. The molecular weight excluding hydrogens is 291 g/mol. The molecule has 0 fully saturated rings. The van der Waals surface area contributed by atoms with Crippen LogP contribution in [0.1, 0.15) is 38.8 Å². The molecule has 6 heteroatoms. The minimum atomic E-state index is -3.77. The van der Waals surface area contributed by atoms with Crippen LogP contribution in [-0.2, 0) is 16.6 Å². The number of nitrogens with zero attached hydrogens (tertiary/aromatic N) is 1. The van der Waals surface area contributed by atoms with Gasteiger partial charge in [0.15, 0.2) is 0 Å². The molecule has 0 saturated heterocycles. The third kappa shape index (κ3) is 3.62.